The predicted octanol–water partition coefficient (Wildman–Crippen LogP) is 4.32. The molecule has 1 N–H and O–H groups in total. The summed E-state index contributed by atoms with van der Waals surface area (Å²) in [6.07, 6.45) is 3.32. The van der Waals surface area contributed by atoms with Crippen molar-refractivity contribution in [3.05, 3.63) is 60.3 Å². The van der Waals surface area contributed by atoms with Crippen LogP contribution in [0.1, 0.15) is 18.4 Å². The van der Waals surface area contributed by atoms with Crippen LogP contribution in [0.2, 0.25) is 0 Å². The number of carbonyl (C=O) groups excluding carboxylic acids is 1. The minimum atomic E-state index is -0.0591. The Morgan fingerprint density at radius 1 is 1.06 bits per heavy atom. The number of amides is 1. The van der Waals surface area contributed by atoms with Gasteiger partial charge in [-0.1, -0.05) is 23.8 Å². The summed E-state index contributed by atoms with van der Waals surface area (Å²) in [5.74, 6) is 2.83. The molecule has 0 atom stereocenters. The van der Waals surface area contributed by atoms with Crippen molar-refractivity contribution in [3.8, 4) is 22.9 Å². The Morgan fingerprint density at radius 2 is 1.88 bits per heavy atom. The fourth-order valence-corrected chi connectivity index (χ4v) is 3.96. The van der Waals surface area contributed by atoms with Gasteiger partial charge in [0.15, 0.2) is 5.82 Å². The number of piperidine rings is 1. The fraction of sp³-hybridized carbons (Fsp3) is 0.320. The van der Waals surface area contributed by atoms with Crippen molar-refractivity contribution in [2.45, 2.75) is 19.8 Å². The standard InChI is InChI=1S/C25H28N4O3/c1-17-5-4-6-19(15-17)24-26-12-9-23(28-24)29-13-10-18(11-14-29)25(30)27-21-8-7-20(31-2)16-22(21)32-3/h4-9,12,15-16,18H,10-11,13-14H2,1-3H3,(H,27,30). The molecule has 3 aromatic rings. The first kappa shape index (κ1) is 21.6. The highest BCUT2D eigenvalue weighted by atomic mass is 16.5. The highest BCUT2D eigenvalue weighted by Gasteiger charge is 2.26. The van der Waals surface area contributed by atoms with E-state index in [1.165, 1.54) is 5.56 Å². The second-order valence-electron chi connectivity index (χ2n) is 7.92. The lowest BCUT2D eigenvalue weighted by atomic mass is 9.95. The maximum atomic E-state index is 12.9. The third-order valence-electron chi connectivity index (χ3n) is 5.77. The molecule has 1 aliphatic rings. The number of nitrogens with one attached hydrogen (secondary N) is 1. The van der Waals surface area contributed by atoms with Crippen molar-refractivity contribution in [2.75, 3.05) is 37.5 Å². The van der Waals surface area contributed by atoms with Gasteiger partial charge in [0, 0.05) is 36.8 Å². The Balaban J connectivity index is 1.39. The topological polar surface area (TPSA) is 76.6 Å². The van der Waals surface area contributed by atoms with Crippen LogP contribution >= 0.6 is 0 Å². The van der Waals surface area contributed by atoms with Crippen molar-refractivity contribution in [1.82, 2.24) is 9.97 Å². The van der Waals surface area contributed by atoms with E-state index in [9.17, 15) is 4.79 Å². The largest absolute Gasteiger partial charge is 0.497 e. The van der Waals surface area contributed by atoms with E-state index in [-0.39, 0.29) is 11.8 Å². The molecule has 0 bridgehead atoms. The quantitative estimate of drug-likeness (QED) is 0.625. The maximum Gasteiger partial charge on any atom is 0.227 e. The first-order valence-electron chi connectivity index (χ1n) is 10.8. The summed E-state index contributed by atoms with van der Waals surface area (Å²) in [5, 5.41) is 3.01. The first-order chi connectivity index (χ1) is 15.6. The van der Waals surface area contributed by atoms with Gasteiger partial charge in [-0.15, -0.1) is 0 Å². The van der Waals surface area contributed by atoms with Gasteiger partial charge in [0.2, 0.25) is 5.91 Å². The van der Waals surface area contributed by atoms with Crippen molar-refractivity contribution in [2.24, 2.45) is 5.92 Å². The maximum absolute atomic E-state index is 12.9. The number of aromatic nitrogens is 2. The minimum Gasteiger partial charge on any atom is -0.497 e. The Kier molecular flexibility index (Phi) is 6.54. The summed E-state index contributed by atoms with van der Waals surface area (Å²) in [7, 11) is 3.18. The molecule has 166 valence electrons. The lowest BCUT2D eigenvalue weighted by Crippen LogP contribution is -2.38. The number of anilines is 2. The van der Waals surface area contributed by atoms with E-state index in [1.54, 1.807) is 32.5 Å². The smallest absolute Gasteiger partial charge is 0.227 e. The van der Waals surface area contributed by atoms with Crippen LogP contribution < -0.4 is 19.7 Å². The zero-order valence-corrected chi connectivity index (χ0v) is 18.7. The zero-order chi connectivity index (χ0) is 22.5. The van der Waals surface area contributed by atoms with Crippen molar-refractivity contribution >= 4 is 17.4 Å². The Labute approximate surface area is 188 Å². The molecular weight excluding hydrogens is 404 g/mol. The summed E-state index contributed by atoms with van der Waals surface area (Å²) in [6.45, 7) is 3.59. The van der Waals surface area contributed by atoms with Crippen LogP contribution in [0, 0.1) is 12.8 Å². The summed E-state index contributed by atoms with van der Waals surface area (Å²) < 4.78 is 10.6. The van der Waals surface area contributed by atoms with Gasteiger partial charge in [0.1, 0.15) is 17.3 Å². The van der Waals surface area contributed by atoms with E-state index in [4.69, 9.17) is 14.5 Å². The van der Waals surface area contributed by atoms with E-state index in [0.29, 0.717) is 17.2 Å². The average molecular weight is 433 g/mol. The lowest BCUT2D eigenvalue weighted by molar-refractivity contribution is -0.120. The van der Waals surface area contributed by atoms with Crippen molar-refractivity contribution in [1.29, 1.82) is 0 Å². The molecule has 0 unspecified atom stereocenters. The van der Waals surface area contributed by atoms with E-state index in [1.807, 2.05) is 24.3 Å². The molecule has 4 rings (SSSR count). The predicted molar refractivity (Wildman–Crippen MR) is 125 cm³/mol. The number of hydrogen-bond acceptors (Lipinski definition) is 6. The van der Waals surface area contributed by atoms with Crippen LogP contribution in [-0.4, -0.2) is 43.2 Å². The number of hydrogen-bond donors (Lipinski definition) is 1. The molecule has 1 aromatic heterocycles. The Hall–Kier alpha value is -3.61. The summed E-state index contributed by atoms with van der Waals surface area (Å²) in [5.41, 5.74) is 2.84. The first-order valence-corrected chi connectivity index (χ1v) is 10.8. The van der Waals surface area contributed by atoms with Crippen LogP contribution in [0.4, 0.5) is 11.5 Å². The second kappa shape index (κ2) is 9.68. The van der Waals surface area contributed by atoms with Gasteiger partial charge in [0.05, 0.1) is 19.9 Å². The van der Waals surface area contributed by atoms with Gasteiger partial charge < -0.3 is 19.7 Å². The lowest BCUT2D eigenvalue weighted by Gasteiger charge is -2.32. The summed E-state index contributed by atoms with van der Waals surface area (Å²) >= 11 is 0. The highest BCUT2D eigenvalue weighted by Crippen LogP contribution is 2.31. The number of rotatable bonds is 6. The van der Waals surface area contributed by atoms with E-state index in [0.717, 1.165) is 43.1 Å². The molecule has 1 aliphatic heterocycles. The summed E-state index contributed by atoms with van der Waals surface area (Å²) in [4.78, 5) is 24.3. The fourth-order valence-electron chi connectivity index (χ4n) is 3.96. The van der Waals surface area contributed by atoms with Crippen LogP contribution in [0.15, 0.2) is 54.7 Å². The molecule has 7 heteroatoms. The number of nitrogens with zero attached hydrogens (tertiary/aromatic N) is 3. The van der Waals surface area contributed by atoms with Crippen molar-refractivity contribution < 1.29 is 14.3 Å². The van der Waals surface area contributed by atoms with Crippen molar-refractivity contribution in [3.63, 3.8) is 0 Å². The molecule has 7 nitrogen and oxygen atoms in total. The number of ether oxygens (including phenoxy) is 2. The Bertz CT molecular complexity index is 1090. The molecule has 0 saturated carbocycles. The molecule has 2 heterocycles. The highest BCUT2D eigenvalue weighted by molar-refractivity contribution is 5.94. The number of aryl methyl sites for hydroxylation is 1. The van der Waals surface area contributed by atoms with Gasteiger partial charge in [-0.05, 0) is 44.0 Å². The average Bonchev–Trinajstić information content (AvgIpc) is 2.84. The van der Waals surface area contributed by atoms with Gasteiger partial charge in [-0.2, -0.15) is 0 Å². The molecule has 1 amide bonds. The van der Waals surface area contributed by atoms with Gasteiger partial charge >= 0.3 is 0 Å². The number of methoxy groups -OCH3 is 2. The number of carbonyl (C=O) groups is 1. The van der Waals surface area contributed by atoms with E-state index < -0.39 is 0 Å². The monoisotopic (exact) mass is 432 g/mol. The van der Waals surface area contributed by atoms with Gasteiger partial charge in [0.25, 0.3) is 0 Å². The second-order valence-corrected chi connectivity index (χ2v) is 7.92. The van der Waals surface area contributed by atoms with Crippen LogP contribution in [-0.2, 0) is 4.79 Å². The molecule has 0 spiro atoms. The molecule has 2 aromatic carbocycles. The van der Waals surface area contributed by atoms with Crippen LogP contribution in [0.5, 0.6) is 11.5 Å². The van der Waals surface area contributed by atoms with Crippen LogP contribution in [0.25, 0.3) is 11.4 Å². The van der Waals surface area contributed by atoms with Gasteiger partial charge in [-0.25, -0.2) is 9.97 Å². The molecule has 1 fully saturated rings. The molecule has 1 saturated heterocycles. The number of benzene rings is 2. The molecule has 0 aliphatic carbocycles. The normalized spacial score (nSPS) is 14.2. The third kappa shape index (κ3) is 4.82. The van der Waals surface area contributed by atoms with E-state index >= 15 is 0 Å². The van der Waals surface area contributed by atoms with E-state index in [2.05, 4.69) is 34.3 Å². The summed E-state index contributed by atoms with van der Waals surface area (Å²) in [6, 6.07) is 15.5. The Morgan fingerprint density at radius 3 is 2.59 bits per heavy atom. The molecule has 0 radical (unpaired) electrons. The third-order valence-corrected chi connectivity index (χ3v) is 5.77. The van der Waals surface area contributed by atoms with Gasteiger partial charge in [-0.3, -0.25) is 4.79 Å². The minimum absolute atomic E-state index is 0.0104. The van der Waals surface area contributed by atoms with Crippen LogP contribution in [0.3, 0.4) is 0 Å². The SMILES string of the molecule is COc1ccc(NC(=O)C2CCN(c3ccnc(-c4cccc(C)c4)n3)CC2)c(OC)c1. The molecule has 32 heavy (non-hydrogen) atoms. The zero-order valence-electron chi connectivity index (χ0n) is 18.7. The molecular formula is C25H28N4O3.